The second kappa shape index (κ2) is 5.84. The molecule has 0 aromatic heterocycles. The van der Waals surface area contributed by atoms with E-state index < -0.39 is 11.8 Å². The van der Waals surface area contributed by atoms with Gasteiger partial charge in [0.1, 0.15) is 11.6 Å². The van der Waals surface area contributed by atoms with Gasteiger partial charge in [0.15, 0.2) is 0 Å². The zero-order valence-corrected chi connectivity index (χ0v) is 10.6. The number of carbonyl (C=O) groups excluding carboxylic acids is 1. The normalized spacial score (nSPS) is 10.0. The van der Waals surface area contributed by atoms with Crippen LogP contribution in [0.15, 0.2) is 12.1 Å². The highest BCUT2D eigenvalue weighted by Crippen LogP contribution is 2.25. The molecule has 0 atom stereocenters. The molecule has 5 heteroatoms. The van der Waals surface area contributed by atoms with Crippen LogP contribution >= 0.6 is 15.9 Å². The maximum Gasteiger partial charge on any atom is 0.310 e. The summed E-state index contributed by atoms with van der Waals surface area (Å²) >= 11 is 3.27. The Labute approximate surface area is 102 Å². The van der Waals surface area contributed by atoms with E-state index in [9.17, 15) is 9.18 Å². The van der Waals surface area contributed by atoms with Crippen LogP contribution < -0.4 is 4.74 Å². The van der Waals surface area contributed by atoms with Crippen LogP contribution in [0.1, 0.15) is 11.1 Å². The molecule has 1 aromatic rings. The SMILES string of the molecule is COC(=O)Cc1cc(CBr)c(OC)cc1F. The number of ether oxygens (including phenoxy) is 2. The molecule has 88 valence electrons. The van der Waals surface area contributed by atoms with Crippen molar-refractivity contribution in [3.05, 3.63) is 29.1 Å². The van der Waals surface area contributed by atoms with Gasteiger partial charge in [0.2, 0.25) is 0 Å². The largest absolute Gasteiger partial charge is 0.496 e. The molecule has 0 radical (unpaired) electrons. The van der Waals surface area contributed by atoms with Gasteiger partial charge in [-0.25, -0.2) is 4.39 Å². The van der Waals surface area contributed by atoms with Gasteiger partial charge < -0.3 is 9.47 Å². The number of rotatable bonds is 4. The molecule has 0 aliphatic heterocycles. The number of halogens is 2. The molecule has 0 unspecified atom stereocenters. The minimum Gasteiger partial charge on any atom is -0.496 e. The molecule has 16 heavy (non-hydrogen) atoms. The molecule has 0 aliphatic rings. The highest BCUT2D eigenvalue weighted by molar-refractivity contribution is 9.08. The van der Waals surface area contributed by atoms with Crippen molar-refractivity contribution in [1.29, 1.82) is 0 Å². The molecule has 0 spiro atoms. The second-order valence-electron chi connectivity index (χ2n) is 3.14. The summed E-state index contributed by atoms with van der Waals surface area (Å²) in [6.07, 6.45) is -0.0771. The lowest BCUT2D eigenvalue weighted by Gasteiger charge is -2.09. The molecule has 0 N–H and O–H groups in total. The number of hydrogen-bond donors (Lipinski definition) is 0. The van der Waals surface area contributed by atoms with E-state index >= 15 is 0 Å². The number of benzene rings is 1. The average molecular weight is 291 g/mol. The number of hydrogen-bond acceptors (Lipinski definition) is 3. The van der Waals surface area contributed by atoms with E-state index in [-0.39, 0.29) is 6.42 Å². The van der Waals surface area contributed by atoms with E-state index in [0.29, 0.717) is 16.6 Å². The number of alkyl halides is 1. The van der Waals surface area contributed by atoms with Crippen molar-refractivity contribution >= 4 is 21.9 Å². The predicted molar refractivity (Wildman–Crippen MR) is 61.3 cm³/mol. The van der Waals surface area contributed by atoms with E-state index in [1.807, 2.05) is 0 Å². The first-order valence-electron chi connectivity index (χ1n) is 4.60. The van der Waals surface area contributed by atoms with Crippen LogP contribution in [0, 0.1) is 5.82 Å². The van der Waals surface area contributed by atoms with E-state index in [1.54, 1.807) is 6.07 Å². The summed E-state index contributed by atoms with van der Waals surface area (Å²) in [5.74, 6) is -0.473. The monoisotopic (exact) mass is 290 g/mol. The van der Waals surface area contributed by atoms with Gasteiger partial charge in [0.05, 0.1) is 20.6 Å². The van der Waals surface area contributed by atoms with Crippen LogP contribution in [0.3, 0.4) is 0 Å². The lowest BCUT2D eigenvalue weighted by Crippen LogP contribution is -2.07. The summed E-state index contributed by atoms with van der Waals surface area (Å²) in [7, 11) is 2.75. The van der Waals surface area contributed by atoms with Crippen LogP contribution in [-0.2, 0) is 21.3 Å². The van der Waals surface area contributed by atoms with Crippen molar-refractivity contribution in [2.45, 2.75) is 11.8 Å². The van der Waals surface area contributed by atoms with Gasteiger partial charge in [-0.1, -0.05) is 15.9 Å². The maximum absolute atomic E-state index is 13.5. The lowest BCUT2D eigenvalue weighted by atomic mass is 10.1. The highest BCUT2D eigenvalue weighted by Gasteiger charge is 2.13. The Hall–Kier alpha value is -1.10. The predicted octanol–water partition coefficient (Wildman–Crippen LogP) is 2.44. The maximum atomic E-state index is 13.5. The summed E-state index contributed by atoms with van der Waals surface area (Å²) in [5.41, 5.74) is 1.10. The van der Waals surface area contributed by atoms with Crippen LogP contribution in [0.5, 0.6) is 5.75 Å². The van der Waals surface area contributed by atoms with Crippen LogP contribution in [0.4, 0.5) is 4.39 Å². The third-order valence-electron chi connectivity index (χ3n) is 2.16. The second-order valence-corrected chi connectivity index (χ2v) is 3.70. The fourth-order valence-corrected chi connectivity index (χ4v) is 1.75. The van der Waals surface area contributed by atoms with Gasteiger partial charge in [-0.2, -0.15) is 0 Å². The third-order valence-corrected chi connectivity index (χ3v) is 2.76. The zero-order chi connectivity index (χ0) is 12.1. The fourth-order valence-electron chi connectivity index (χ4n) is 1.31. The van der Waals surface area contributed by atoms with Crippen molar-refractivity contribution in [2.24, 2.45) is 0 Å². The van der Waals surface area contributed by atoms with Crippen molar-refractivity contribution in [3.63, 3.8) is 0 Å². The molecule has 1 aromatic carbocycles. The molecular weight excluding hydrogens is 279 g/mol. The standard InChI is InChI=1S/C11H12BrFO3/c1-15-10-5-9(13)7(3-8(10)6-12)4-11(14)16-2/h3,5H,4,6H2,1-2H3. The van der Waals surface area contributed by atoms with E-state index in [2.05, 4.69) is 20.7 Å². The topological polar surface area (TPSA) is 35.5 Å². The minimum absolute atomic E-state index is 0.0771. The Kier molecular flexibility index (Phi) is 4.73. The van der Waals surface area contributed by atoms with Gasteiger partial charge in [-0.15, -0.1) is 0 Å². The molecule has 3 nitrogen and oxygen atoms in total. The van der Waals surface area contributed by atoms with Gasteiger partial charge in [-0.3, -0.25) is 4.79 Å². The van der Waals surface area contributed by atoms with Gasteiger partial charge in [0, 0.05) is 17.0 Å². The Morgan fingerprint density at radius 3 is 2.56 bits per heavy atom. The summed E-state index contributed by atoms with van der Waals surface area (Å²) in [6, 6.07) is 2.87. The summed E-state index contributed by atoms with van der Waals surface area (Å²) in [4.78, 5) is 11.1. The van der Waals surface area contributed by atoms with Gasteiger partial charge in [-0.05, 0) is 11.6 Å². The lowest BCUT2D eigenvalue weighted by molar-refractivity contribution is -0.139. The Balaban J connectivity index is 3.06. The molecule has 0 amide bonds. The van der Waals surface area contributed by atoms with E-state index in [1.165, 1.54) is 20.3 Å². The molecule has 0 heterocycles. The Bertz CT molecular complexity index is 393. The summed E-state index contributed by atoms with van der Waals surface area (Å²) < 4.78 is 23.1. The molecular formula is C11H12BrFO3. The Morgan fingerprint density at radius 1 is 1.38 bits per heavy atom. The van der Waals surface area contributed by atoms with Crippen LogP contribution in [0.25, 0.3) is 0 Å². The molecule has 0 saturated carbocycles. The average Bonchev–Trinajstić information content (AvgIpc) is 2.30. The third kappa shape index (κ3) is 2.95. The first-order chi connectivity index (χ1) is 7.62. The van der Waals surface area contributed by atoms with Crippen molar-refractivity contribution in [2.75, 3.05) is 14.2 Å². The van der Waals surface area contributed by atoms with Crippen molar-refractivity contribution in [3.8, 4) is 5.75 Å². The number of methoxy groups -OCH3 is 2. The van der Waals surface area contributed by atoms with Crippen molar-refractivity contribution < 1.29 is 18.7 Å². The molecule has 1 rings (SSSR count). The zero-order valence-electron chi connectivity index (χ0n) is 9.05. The first-order valence-corrected chi connectivity index (χ1v) is 5.72. The minimum atomic E-state index is -0.468. The molecule has 0 fully saturated rings. The molecule has 0 bridgehead atoms. The summed E-state index contributed by atoms with van der Waals surface area (Å²) in [6.45, 7) is 0. The smallest absolute Gasteiger partial charge is 0.310 e. The number of esters is 1. The summed E-state index contributed by atoms with van der Waals surface area (Å²) in [5, 5.41) is 0.532. The van der Waals surface area contributed by atoms with Crippen LogP contribution in [-0.4, -0.2) is 20.2 Å². The van der Waals surface area contributed by atoms with E-state index in [4.69, 9.17) is 4.74 Å². The number of carbonyl (C=O) groups is 1. The van der Waals surface area contributed by atoms with Crippen molar-refractivity contribution in [1.82, 2.24) is 0 Å². The van der Waals surface area contributed by atoms with Gasteiger partial charge in [0.25, 0.3) is 0 Å². The quantitative estimate of drug-likeness (QED) is 0.631. The molecule has 0 saturated heterocycles. The van der Waals surface area contributed by atoms with Gasteiger partial charge >= 0.3 is 5.97 Å². The first kappa shape index (κ1) is 13.0. The highest BCUT2D eigenvalue weighted by atomic mass is 79.9. The van der Waals surface area contributed by atoms with E-state index in [0.717, 1.165) is 5.56 Å². The Morgan fingerprint density at radius 2 is 2.06 bits per heavy atom. The fraction of sp³-hybridized carbons (Fsp3) is 0.364. The van der Waals surface area contributed by atoms with Crippen LogP contribution in [0.2, 0.25) is 0 Å². The molecule has 0 aliphatic carbocycles.